The second kappa shape index (κ2) is 11.3. The molecule has 0 radical (unpaired) electrons. The zero-order valence-electron chi connectivity index (χ0n) is 12.7. The van der Waals surface area contributed by atoms with E-state index in [0.29, 0.717) is 0 Å². The van der Waals surface area contributed by atoms with E-state index in [-0.39, 0.29) is 0 Å². The zero-order valence-corrected chi connectivity index (χ0v) is 14.3. The van der Waals surface area contributed by atoms with Gasteiger partial charge in [0, 0.05) is 37.3 Å². The van der Waals surface area contributed by atoms with Gasteiger partial charge in [0.2, 0.25) is 0 Å². The quantitative estimate of drug-likeness (QED) is 0.624. The van der Waals surface area contributed by atoms with E-state index in [0.717, 1.165) is 45.8 Å². The summed E-state index contributed by atoms with van der Waals surface area (Å²) in [5, 5.41) is 3.48. The van der Waals surface area contributed by atoms with Crippen LogP contribution in [0.25, 0.3) is 0 Å². The van der Waals surface area contributed by atoms with Gasteiger partial charge in [-0.3, -0.25) is 0 Å². The zero-order chi connectivity index (χ0) is 14.6. The maximum absolute atomic E-state index is 5.32. The van der Waals surface area contributed by atoms with Crippen LogP contribution in [-0.2, 0) is 11.3 Å². The Morgan fingerprint density at radius 3 is 2.75 bits per heavy atom. The smallest absolute Gasteiger partial charge is 0.0466 e. The van der Waals surface area contributed by atoms with Crippen LogP contribution in [0.3, 0.4) is 0 Å². The highest BCUT2D eigenvalue weighted by atomic mass is 79.9. The monoisotopic (exact) mass is 342 g/mol. The molecule has 0 unspecified atom stereocenters. The molecule has 0 aliphatic heterocycles. The number of rotatable bonds is 11. The fourth-order valence-electron chi connectivity index (χ4n) is 1.99. The summed E-state index contributed by atoms with van der Waals surface area (Å²) in [5.41, 5.74) is 1.34. The van der Waals surface area contributed by atoms with E-state index in [4.69, 9.17) is 4.74 Å². The van der Waals surface area contributed by atoms with Crippen LogP contribution in [0.4, 0.5) is 0 Å². The molecular formula is C16H27BrN2O. The average molecular weight is 343 g/mol. The molecular weight excluding hydrogens is 316 g/mol. The van der Waals surface area contributed by atoms with Gasteiger partial charge in [0.25, 0.3) is 0 Å². The molecule has 4 heteroatoms. The van der Waals surface area contributed by atoms with Crippen LogP contribution in [0, 0.1) is 0 Å². The summed E-state index contributed by atoms with van der Waals surface area (Å²) in [6.07, 6.45) is 2.33. The van der Waals surface area contributed by atoms with Crippen molar-refractivity contribution in [1.82, 2.24) is 10.2 Å². The molecule has 0 atom stereocenters. The largest absolute Gasteiger partial charge is 0.382 e. The first kappa shape index (κ1) is 17.6. The van der Waals surface area contributed by atoms with Gasteiger partial charge < -0.3 is 15.0 Å². The number of likely N-dealkylation sites (N-methyl/N-ethyl adjacent to an activating group) is 1. The third kappa shape index (κ3) is 8.00. The SMILES string of the molecule is CCOCCCCNCCN(C)Cc1ccccc1Br. The number of nitrogens with zero attached hydrogens (tertiary/aromatic N) is 1. The van der Waals surface area contributed by atoms with E-state index in [1.807, 2.05) is 6.92 Å². The van der Waals surface area contributed by atoms with Crippen LogP contribution < -0.4 is 5.32 Å². The van der Waals surface area contributed by atoms with Crippen LogP contribution in [-0.4, -0.2) is 44.8 Å². The van der Waals surface area contributed by atoms with Gasteiger partial charge in [-0.05, 0) is 45.0 Å². The van der Waals surface area contributed by atoms with Crippen LogP contribution in [0.1, 0.15) is 25.3 Å². The Bertz CT molecular complexity index is 360. The van der Waals surface area contributed by atoms with Gasteiger partial charge in [-0.1, -0.05) is 34.1 Å². The lowest BCUT2D eigenvalue weighted by molar-refractivity contribution is 0.143. The van der Waals surface area contributed by atoms with E-state index in [2.05, 4.69) is 57.5 Å². The molecule has 0 heterocycles. The van der Waals surface area contributed by atoms with Gasteiger partial charge in [0.05, 0.1) is 0 Å². The van der Waals surface area contributed by atoms with Crippen molar-refractivity contribution in [1.29, 1.82) is 0 Å². The first-order valence-electron chi connectivity index (χ1n) is 7.44. The Morgan fingerprint density at radius 1 is 1.20 bits per heavy atom. The van der Waals surface area contributed by atoms with Gasteiger partial charge in [0.1, 0.15) is 0 Å². The van der Waals surface area contributed by atoms with Gasteiger partial charge in [0.15, 0.2) is 0 Å². The second-order valence-corrected chi connectivity index (χ2v) is 5.84. The molecule has 0 saturated carbocycles. The number of nitrogens with one attached hydrogen (secondary N) is 1. The molecule has 114 valence electrons. The summed E-state index contributed by atoms with van der Waals surface area (Å²) < 4.78 is 6.51. The van der Waals surface area contributed by atoms with Crippen LogP contribution in [0.5, 0.6) is 0 Å². The molecule has 20 heavy (non-hydrogen) atoms. The Balaban J connectivity index is 2.03. The summed E-state index contributed by atoms with van der Waals surface area (Å²) in [5.74, 6) is 0. The normalized spacial score (nSPS) is 11.2. The fourth-order valence-corrected chi connectivity index (χ4v) is 2.40. The van der Waals surface area contributed by atoms with Crippen molar-refractivity contribution in [2.24, 2.45) is 0 Å². The maximum Gasteiger partial charge on any atom is 0.0466 e. The molecule has 0 aromatic heterocycles. The summed E-state index contributed by atoms with van der Waals surface area (Å²) in [6.45, 7) is 7.92. The third-order valence-electron chi connectivity index (χ3n) is 3.16. The maximum atomic E-state index is 5.32. The Hall–Kier alpha value is -0.420. The number of ether oxygens (including phenoxy) is 1. The van der Waals surface area contributed by atoms with Crippen molar-refractivity contribution >= 4 is 15.9 Å². The standard InChI is InChI=1S/C16H27BrN2O/c1-3-20-13-7-6-10-18-11-12-19(2)14-15-8-4-5-9-16(15)17/h4-5,8-9,18H,3,6-7,10-14H2,1-2H3. The van der Waals surface area contributed by atoms with Crippen molar-refractivity contribution in [2.45, 2.75) is 26.3 Å². The third-order valence-corrected chi connectivity index (χ3v) is 3.94. The molecule has 0 amide bonds. The van der Waals surface area contributed by atoms with E-state index in [9.17, 15) is 0 Å². The van der Waals surface area contributed by atoms with Crippen molar-refractivity contribution in [3.63, 3.8) is 0 Å². The molecule has 3 nitrogen and oxygen atoms in total. The molecule has 0 fully saturated rings. The summed E-state index contributed by atoms with van der Waals surface area (Å²) in [4.78, 5) is 2.34. The van der Waals surface area contributed by atoms with Gasteiger partial charge in [-0.15, -0.1) is 0 Å². The second-order valence-electron chi connectivity index (χ2n) is 4.98. The van der Waals surface area contributed by atoms with Gasteiger partial charge in [-0.2, -0.15) is 0 Å². The molecule has 0 spiro atoms. The lowest BCUT2D eigenvalue weighted by Gasteiger charge is -2.17. The minimum atomic E-state index is 0.827. The molecule has 1 rings (SSSR count). The molecule has 1 N–H and O–H groups in total. The Kier molecular flexibility index (Phi) is 9.93. The number of hydrogen-bond acceptors (Lipinski definition) is 3. The van der Waals surface area contributed by atoms with Gasteiger partial charge >= 0.3 is 0 Å². The van der Waals surface area contributed by atoms with E-state index in [1.54, 1.807) is 0 Å². The number of hydrogen-bond donors (Lipinski definition) is 1. The van der Waals surface area contributed by atoms with Crippen molar-refractivity contribution in [2.75, 3.05) is 39.9 Å². The van der Waals surface area contributed by atoms with Crippen LogP contribution >= 0.6 is 15.9 Å². The number of halogens is 1. The highest BCUT2D eigenvalue weighted by Crippen LogP contribution is 2.16. The Morgan fingerprint density at radius 2 is 2.00 bits per heavy atom. The topological polar surface area (TPSA) is 24.5 Å². The molecule has 1 aromatic rings. The molecule has 0 saturated heterocycles. The average Bonchev–Trinajstić information content (AvgIpc) is 2.44. The lowest BCUT2D eigenvalue weighted by Crippen LogP contribution is -2.29. The summed E-state index contributed by atoms with van der Waals surface area (Å²) in [7, 11) is 2.16. The highest BCUT2D eigenvalue weighted by Gasteiger charge is 2.02. The van der Waals surface area contributed by atoms with E-state index < -0.39 is 0 Å². The predicted octanol–water partition coefficient (Wildman–Crippen LogP) is 3.29. The number of benzene rings is 1. The van der Waals surface area contributed by atoms with Crippen molar-refractivity contribution in [3.8, 4) is 0 Å². The molecule has 0 bridgehead atoms. The van der Waals surface area contributed by atoms with Crippen LogP contribution in [0.15, 0.2) is 28.7 Å². The highest BCUT2D eigenvalue weighted by molar-refractivity contribution is 9.10. The summed E-state index contributed by atoms with van der Waals surface area (Å²) >= 11 is 3.59. The number of unbranched alkanes of at least 4 members (excludes halogenated alkanes) is 1. The molecule has 0 aliphatic rings. The minimum absolute atomic E-state index is 0.827. The molecule has 1 aromatic carbocycles. The minimum Gasteiger partial charge on any atom is -0.382 e. The van der Waals surface area contributed by atoms with Crippen molar-refractivity contribution in [3.05, 3.63) is 34.3 Å². The fraction of sp³-hybridized carbons (Fsp3) is 0.625. The predicted molar refractivity (Wildman–Crippen MR) is 89.1 cm³/mol. The van der Waals surface area contributed by atoms with Gasteiger partial charge in [-0.25, -0.2) is 0 Å². The van der Waals surface area contributed by atoms with Crippen LogP contribution in [0.2, 0.25) is 0 Å². The summed E-state index contributed by atoms with van der Waals surface area (Å²) in [6, 6.07) is 8.41. The molecule has 0 aliphatic carbocycles. The lowest BCUT2D eigenvalue weighted by atomic mass is 10.2. The van der Waals surface area contributed by atoms with E-state index >= 15 is 0 Å². The van der Waals surface area contributed by atoms with E-state index in [1.165, 1.54) is 16.5 Å². The van der Waals surface area contributed by atoms with Crippen molar-refractivity contribution < 1.29 is 4.74 Å². The first-order chi connectivity index (χ1) is 9.74. The Labute approximate surface area is 131 Å². The first-order valence-corrected chi connectivity index (χ1v) is 8.23.